The van der Waals surface area contributed by atoms with Crippen molar-refractivity contribution in [1.82, 2.24) is 10.2 Å². The van der Waals surface area contributed by atoms with E-state index in [-0.39, 0.29) is 28.8 Å². The highest BCUT2D eigenvalue weighted by molar-refractivity contribution is 7.92. The Morgan fingerprint density at radius 2 is 1.74 bits per heavy atom. The molecule has 0 unspecified atom stereocenters. The van der Waals surface area contributed by atoms with Gasteiger partial charge >= 0.3 is 0 Å². The molecule has 11 heteroatoms. The summed E-state index contributed by atoms with van der Waals surface area (Å²) in [7, 11) is -1.59. The van der Waals surface area contributed by atoms with Crippen molar-refractivity contribution in [2.45, 2.75) is 30.8 Å². The summed E-state index contributed by atoms with van der Waals surface area (Å²) in [4.78, 5) is 26.5. The molecule has 0 radical (unpaired) electrons. The number of likely N-dealkylation sites (tertiary alicyclic amines) is 1. The average Bonchev–Trinajstić information content (AvgIpc) is 3.34. The topological polar surface area (TPSA) is 105 Å². The molecule has 0 saturated carbocycles. The van der Waals surface area contributed by atoms with Gasteiger partial charge in [0, 0.05) is 32.1 Å². The van der Waals surface area contributed by atoms with Gasteiger partial charge in [-0.25, -0.2) is 12.8 Å². The lowest BCUT2D eigenvalue weighted by molar-refractivity contribution is -0.128. The summed E-state index contributed by atoms with van der Waals surface area (Å²) in [5, 5.41) is 2.72. The van der Waals surface area contributed by atoms with Gasteiger partial charge in [-0.15, -0.1) is 0 Å². The van der Waals surface area contributed by atoms with Gasteiger partial charge in [-0.3, -0.25) is 13.9 Å². The number of carbonyl (C=O) groups excluding carboxylic acids is 2. The second-order valence-electron chi connectivity index (χ2n) is 9.00. The van der Waals surface area contributed by atoms with Crippen LogP contribution in [0.1, 0.15) is 24.0 Å². The predicted molar refractivity (Wildman–Crippen MR) is 143 cm³/mol. The molecular weight excluding hydrogens is 525 g/mol. The minimum atomic E-state index is -4.38. The van der Waals surface area contributed by atoms with Crippen molar-refractivity contribution in [2.75, 3.05) is 31.6 Å². The maximum atomic E-state index is 14.8. The highest BCUT2D eigenvalue weighted by atomic mass is 32.2. The third-order valence-corrected chi connectivity index (χ3v) is 8.13. The van der Waals surface area contributed by atoms with Crippen LogP contribution in [-0.2, 0) is 32.7 Å². The SMILES string of the molecule is COc1ccc(S(=O)(=O)N(CC(=O)NCc2cccc(CN3CCCC3=O)c2)c2ccccc2F)cc1OC. The molecular formula is C28H30FN3O6S. The van der Waals surface area contributed by atoms with E-state index in [0.29, 0.717) is 18.7 Å². The monoisotopic (exact) mass is 555 g/mol. The molecule has 3 aromatic rings. The third kappa shape index (κ3) is 6.48. The Hall–Kier alpha value is -4.12. The first-order valence-electron chi connectivity index (χ1n) is 12.3. The fourth-order valence-electron chi connectivity index (χ4n) is 4.37. The number of rotatable bonds is 11. The predicted octanol–water partition coefficient (Wildman–Crippen LogP) is 3.48. The van der Waals surface area contributed by atoms with Crippen LogP contribution in [-0.4, -0.2) is 52.4 Å². The fourth-order valence-corrected chi connectivity index (χ4v) is 5.82. The first-order valence-corrected chi connectivity index (χ1v) is 13.8. The smallest absolute Gasteiger partial charge is 0.265 e. The first-order chi connectivity index (χ1) is 18.7. The molecule has 0 atom stereocenters. The Balaban J connectivity index is 1.53. The zero-order valence-corrected chi connectivity index (χ0v) is 22.5. The number of hydrogen-bond acceptors (Lipinski definition) is 6. The van der Waals surface area contributed by atoms with Crippen LogP contribution in [0.25, 0.3) is 0 Å². The molecule has 1 fully saturated rings. The summed E-state index contributed by atoms with van der Waals surface area (Å²) in [5.41, 5.74) is 1.45. The van der Waals surface area contributed by atoms with Crippen LogP contribution in [0.3, 0.4) is 0 Å². The standard InChI is InChI=1S/C28H30FN3O6S/c1-37-25-13-12-22(16-26(25)38-2)39(35,36)32(24-10-4-3-9-23(24)29)19-27(33)30-17-20-7-5-8-21(15-20)18-31-14-6-11-28(31)34/h3-5,7-10,12-13,15-16H,6,11,14,17-19H2,1-2H3,(H,30,33). The van der Waals surface area contributed by atoms with Gasteiger partial charge in [-0.1, -0.05) is 36.4 Å². The molecule has 9 nitrogen and oxygen atoms in total. The number of halogens is 1. The molecule has 1 aliphatic rings. The number of carbonyl (C=O) groups is 2. The van der Waals surface area contributed by atoms with Crippen molar-refractivity contribution in [2.24, 2.45) is 0 Å². The van der Waals surface area contributed by atoms with Gasteiger partial charge in [0.05, 0.1) is 24.8 Å². The van der Waals surface area contributed by atoms with Gasteiger partial charge in [0.25, 0.3) is 10.0 Å². The molecule has 1 saturated heterocycles. The summed E-state index contributed by atoms with van der Waals surface area (Å²) in [6, 6.07) is 16.8. The van der Waals surface area contributed by atoms with Gasteiger partial charge in [0.15, 0.2) is 11.5 Å². The molecule has 1 heterocycles. The molecule has 0 bridgehead atoms. The van der Waals surface area contributed by atoms with Gasteiger partial charge in [0.1, 0.15) is 12.4 Å². The zero-order valence-electron chi connectivity index (χ0n) is 21.7. The number of benzene rings is 3. The Bertz CT molecular complexity index is 1460. The lowest BCUT2D eigenvalue weighted by atomic mass is 10.1. The van der Waals surface area contributed by atoms with Crippen LogP contribution < -0.4 is 19.1 Å². The van der Waals surface area contributed by atoms with Crippen molar-refractivity contribution in [3.8, 4) is 11.5 Å². The summed E-state index contributed by atoms with van der Waals surface area (Å²) < 4.78 is 53.2. The second kappa shape index (κ2) is 12.2. The van der Waals surface area contributed by atoms with Crippen molar-refractivity contribution in [3.63, 3.8) is 0 Å². The Morgan fingerprint density at radius 1 is 1.00 bits per heavy atom. The minimum Gasteiger partial charge on any atom is -0.493 e. The van der Waals surface area contributed by atoms with E-state index in [1.807, 2.05) is 24.3 Å². The van der Waals surface area contributed by atoms with Crippen molar-refractivity contribution >= 4 is 27.5 Å². The van der Waals surface area contributed by atoms with Crippen molar-refractivity contribution in [1.29, 1.82) is 0 Å². The quantitative estimate of drug-likeness (QED) is 0.389. The van der Waals surface area contributed by atoms with Crippen LogP contribution in [0, 0.1) is 5.82 Å². The maximum Gasteiger partial charge on any atom is 0.265 e. The first kappa shape index (κ1) is 27.9. The lowest BCUT2D eigenvalue weighted by Gasteiger charge is -2.25. The molecule has 1 N–H and O–H groups in total. The zero-order chi connectivity index (χ0) is 28.0. The van der Waals surface area contributed by atoms with E-state index < -0.39 is 28.3 Å². The van der Waals surface area contributed by atoms with Crippen LogP contribution in [0.15, 0.2) is 71.6 Å². The van der Waals surface area contributed by atoms with E-state index in [2.05, 4.69) is 5.32 Å². The van der Waals surface area contributed by atoms with Crippen LogP contribution in [0.4, 0.5) is 10.1 Å². The summed E-state index contributed by atoms with van der Waals surface area (Å²) in [5.74, 6) is -0.798. The number of amides is 2. The van der Waals surface area contributed by atoms with Gasteiger partial charge in [-0.2, -0.15) is 0 Å². The molecule has 1 aliphatic heterocycles. The highest BCUT2D eigenvalue weighted by Gasteiger charge is 2.30. The molecule has 3 aromatic carbocycles. The molecule has 0 spiro atoms. The van der Waals surface area contributed by atoms with Crippen LogP contribution in [0.2, 0.25) is 0 Å². The van der Waals surface area contributed by atoms with E-state index in [1.54, 1.807) is 4.90 Å². The Kier molecular flexibility index (Phi) is 8.70. The van der Waals surface area contributed by atoms with E-state index >= 15 is 0 Å². The largest absolute Gasteiger partial charge is 0.493 e. The van der Waals surface area contributed by atoms with E-state index in [0.717, 1.165) is 34.5 Å². The van der Waals surface area contributed by atoms with Crippen LogP contribution in [0.5, 0.6) is 11.5 Å². The number of hydrogen-bond donors (Lipinski definition) is 1. The molecule has 0 aliphatic carbocycles. The lowest BCUT2D eigenvalue weighted by Crippen LogP contribution is -2.41. The van der Waals surface area contributed by atoms with Crippen molar-refractivity contribution < 1.29 is 31.9 Å². The summed E-state index contributed by atoms with van der Waals surface area (Å²) in [6.45, 7) is 0.688. The number of nitrogens with one attached hydrogen (secondary N) is 1. The average molecular weight is 556 g/mol. The Morgan fingerprint density at radius 3 is 2.44 bits per heavy atom. The number of sulfonamides is 1. The molecule has 2 amide bonds. The van der Waals surface area contributed by atoms with Gasteiger partial charge < -0.3 is 19.7 Å². The third-order valence-electron chi connectivity index (χ3n) is 6.38. The number of nitrogens with zero attached hydrogens (tertiary/aromatic N) is 2. The number of anilines is 1. The second-order valence-corrected chi connectivity index (χ2v) is 10.9. The van der Waals surface area contributed by atoms with Gasteiger partial charge in [-0.05, 0) is 41.8 Å². The molecule has 206 valence electrons. The normalized spacial score (nSPS) is 13.3. The van der Waals surface area contributed by atoms with E-state index in [1.165, 1.54) is 50.6 Å². The maximum absolute atomic E-state index is 14.8. The number of ether oxygens (including phenoxy) is 2. The number of methoxy groups -OCH3 is 2. The summed E-state index contributed by atoms with van der Waals surface area (Å²) in [6.07, 6.45) is 1.40. The highest BCUT2D eigenvalue weighted by Crippen LogP contribution is 2.32. The van der Waals surface area contributed by atoms with E-state index in [4.69, 9.17) is 9.47 Å². The number of para-hydroxylation sites is 1. The van der Waals surface area contributed by atoms with E-state index in [9.17, 15) is 22.4 Å². The molecule has 0 aromatic heterocycles. The molecule has 39 heavy (non-hydrogen) atoms. The molecule has 4 rings (SSSR count). The van der Waals surface area contributed by atoms with Crippen LogP contribution >= 0.6 is 0 Å². The van der Waals surface area contributed by atoms with Gasteiger partial charge in [0.2, 0.25) is 11.8 Å². The minimum absolute atomic E-state index is 0.123. The fraction of sp³-hybridized carbons (Fsp3) is 0.286. The summed E-state index contributed by atoms with van der Waals surface area (Å²) >= 11 is 0. The Labute approximate surface area is 227 Å². The van der Waals surface area contributed by atoms with Crippen molar-refractivity contribution in [3.05, 3.63) is 83.7 Å².